The van der Waals surface area contributed by atoms with Crippen LogP contribution in [-0.2, 0) is 20.7 Å². The molecule has 0 unspecified atom stereocenters. The number of carbonyl (C=O) groups is 4. The van der Waals surface area contributed by atoms with E-state index < -0.39 is 5.97 Å². The molecule has 3 rings (SSSR count). The lowest BCUT2D eigenvalue weighted by atomic mass is 10.1. The summed E-state index contributed by atoms with van der Waals surface area (Å²) < 4.78 is 5.98. The number of fused-ring (bicyclic) bond motifs is 1. The third-order valence-electron chi connectivity index (χ3n) is 5.23. The average molecular weight is 501 g/mol. The first-order valence-corrected chi connectivity index (χ1v) is 11.4. The summed E-state index contributed by atoms with van der Waals surface area (Å²) >= 11 is 3.40. The summed E-state index contributed by atoms with van der Waals surface area (Å²) in [5.74, 6) is -1.38. The molecule has 0 saturated carbocycles. The molecule has 7 nitrogen and oxygen atoms in total. The predicted molar refractivity (Wildman–Crippen MR) is 123 cm³/mol. The van der Waals surface area contributed by atoms with Gasteiger partial charge in [0.25, 0.3) is 17.7 Å². The summed E-state index contributed by atoms with van der Waals surface area (Å²) in [7, 11) is 0. The minimum atomic E-state index is -0.451. The van der Waals surface area contributed by atoms with Gasteiger partial charge in [0.1, 0.15) is 0 Å². The summed E-state index contributed by atoms with van der Waals surface area (Å²) in [5.41, 5.74) is 2.56. The molecule has 3 amide bonds. The van der Waals surface area contributed by atoms with Crippen molar-refractivity contribution in [3.05, 3.63) is 63.6 Å². The maximum Gasteiger partial charge on any atom is 0.306 e. The number of amides is 3. The fraction of sp³-hybridized carbons (Fsp3) is 0.333. The van der Waals surface area contributed by atoms with Gasteiger partial charge in [0.05, 0.1) is 11.1 Å². The molecular weight excluding hydrogens is 476 g/mol. The third-order valence-corrected chi connectivity index (χ3v) is 5.72. The molecule has 1 heterocycles. The molecule has 0 radical (unpaired) electrons. The van der Waals surface area contributed by atoms with Gasteiger partial charge in [-0.05, 0) is 55.2 Å². The Kier molecular flexibility index (Phi) is 8.16. The van der Waals surface area contributed by atoms with Gasteiger partial charge < -0.3 is 10.1 Å². The molecule has 0 spiro atoms. The molecule has 0 saturated heterocycles. The summed E-state index contributed by atoms with van der Waals surface area (Å²) in [6.07, 6.45) is 2.75. The van der Waals surface area contributed by atoms with Crippen LogP contribution < -0.4 is 5.32 Å². The van der Waals surface area contributed by atoms with Crippen LogP contribution in [0.15, 0.2) is 46.9 Å². The van der Waals surface area contributed by atoms with Gasteiger partial charge in [0, 0.05) is 23.1 Å². The number of hydrogen-bond acceptors (Lipinski definition) is 5. The number of anilines is 1. The van der Waals surface area contributed by atoms with Gasteiger partial charge in [0.15, 0.2) is 6.61 Å². The molecular formula is C24H25BrN2O5. The van der Waals surface area contributed by atoms with Crippen molar-refractivity contribution in [1.29, 1.82) is 0 Å². The van der Waals surface area contributed by atoms with Crippen molar-refractivity contribution in [3.8, 4) is 0 Å². The lowest BCUT2D eigenvalue weighted by Crippen LogP contribution is -2.30. The fourth-order valence-electron chi connectivity index (χ4n) is 3.54. The number of unbranched alkanes of at least 4 members (excludes halogenated alkanes) is 2. The Morgan fingerprint density at radius 1 is 1.00 bits per heavy atom. The number of nitrogens with zero attached hydrogens (tertiary/aromatic N) is 1. The molecule has 2 aromatic carbocycles. The van der Waals surface area contributed by atoms with E-state index in [-0.39, 0.29) is 30.7 Å². The monoisotopic (exact) mass is 500 g/mol. The molecule has 8 heteroatoms. The number of halogens is 1. The van der Waals surface area contributed by atoms with Crippen molar-refractivity contribution >= 4 is 45.3 Å². The molecule has 1 N–H and O–H groups in total. The van der Waals surface area contributed by atoms with Crippen LogP contribution in [0.5, 0.6) is 0 Å². The zero-order valence-electron chi connectivity index (χ0n) is 17.9. The fourth-order valence-corrected chi connectivity index (χ4v) is 3.95. The van der Waals surface area contributed by atoms with Gasteiger partial charge in [-0.2, -0.15) is 0 Å². The molecule has 0 fully saturated rings. The van der Waals surface area contributed by atoms with Gasteiger partial charge in [-0.25, -0.2) is 0 Å². The topological polar surface area (TPSA) is 92.8 Å². The Hall–Kier alpha value is -3.00. The summed E-state index contributed by atoms with van der Waals surface area (Å²) in [6.45, 7) is 1.97. The van der Waals surface area contributed by atoms with Crippen LogP contribution in [0.1, 0.15) is 58.9 Å². The van der Waals surface area contributed by atoms with Crippen molar-refractivity contribution < 1.29 is 23.9 Å². The number of aryl methyl sites for hydroxylation is 1. The lowest BCUT2D eigenvalue weighted by molar-refractivity contribution is -0.147. The van der Waals surface area contributed by atoms with Crippen LogP contribution in [0.4, 0.5) is 5.69 Å². The van der Waals surface area contributed by atoms with E-state index in [1.165, 1.54) is 4.90 Å². The number of hydrogen-bond donors (Lipinski definition) is 1. The highest BCUT2D eigenvalue weighted by molar-refractivity contribution is 9.10. The Balaban J connectivity index is 1.33. The number of rotatable bonds is 10. The third kappa shape index (κ3) is 5.82. The molecule has 2 aromatic rings. The van der Waals surface area contributed by atoms with Crippen molar-refractivity contribution in [3.63, 3.8) is 0 Å². The summed E-state index contributed by atoms with van der Waals surface area (Å²) in [5, 5.41) is 2.76. The second-order valence-corrected chi connectivity index (χ2v) is 8.40. The minimum absolute atomic E-state index is 0.174. The van der Waals surface area contributed by atoms with E-state index in [1.807, 2.05) is 19.1 Å². The second-order valence-electron chi connectivity index (χ2n) is 7.48. The largest absolute Gasteiger partial charge is 0.456 e. The number of ether oxygens (including phenoxy) is 1. The van der Waals surface area contributed by atoms with Gasteiger partial charge in [-0.3, -0.25) is 24.1 Å². The highest BCUT2D eigenvalue weighted by Gasteiger charge is 2.34. The van der Waals surface area contributed by atoms with Crippen molar-refractivity contribution in [2.24, 2.45) is 0 Å². The van der Waals surface area contributed by atoms with Crippen LogP contribution in [-0.4, -0.2) is 41.7 Å². The van der Waals surface area contributed by atoms with Crippen molar-refractivity contribution in [2.45, 2.75) is 39.0 Å². The Morgan fingerprint density at radius 2 is 1.69 bits per heavy atom. The lowest BCUT2D eigenvalue weighted by Gasteiger charge is -2.13. The Labute approximate surface area is 195 Å². The van der Waals surface area contributed by atoms with E-state index in [1.54, 1.807) is 30.3 Å². The molecule has 1 aliphatic rings. The van der Waals surface area contributed by atoms with Crippen molar-refractivity contribution in [2.75, 3.05) is 18.5 Å². The highest BCUT2D eigenvalue weighted by Crippen LogP contribution is 2.23. The minimum Gasteiger partial charge on any atom is -0.456 e. The van der Waals surface area contributed by atoms with E-state index in [0.717, 1.165) is 16.5 Å². The summed E-state index contributed by atoms with van der Waals surface area (Å²) in [6, 6.07) is 12.4. The molecule has 0 aliphatic carbocycles. The normalized spacial score (nSPS) is 12.6. The molecule has 0 bridgehead atoms. The second kappa shape index (κ2) is 11.0. The molecule has 1 aliphatic heterocycles. The number of esters is 1. The maximum absolute atomic E-state index is 12.3. The van der Waals surface area contributed by atoms with Crippen LogP contribution >= 0.6 is 15.9 Å². The average Bonchev–Trinajstić information content (AvgIpc) is 3.03. The van der Waals surface area contributed by atoms with Crippen LogP contribution in [0.2, 0.25) is 0 Å². The van der Waals surface area contributed by atoms with Crippen LogP contribution in [0.3, 0.4) is 0 Å². The van der Waals surface area contributed by atoms with E-state index in [9.17, 15) is 19.2 Å². The van der Waals surface area contributed by atoms with Gasteiger partial charge in [-0.1, -0.05) is 41.4 Å². The number of benzene rings is 2. The van der Waals surface area contributed by atoms with Crippen molar-refractivity contribution in [1.82, 2.24) is 4.90 Å². The van der Waals surface area contributed by atoms with Crippen LogP contribution in [0.25, 0.3) is 0 Å². The van der Waals surface area contributed by atoms with Gasteiger partial charge in [-0.15, -0.1) is 0 Å². The maximum atomic E-state index is 12.3. The predicted octanol–water partition coefficient (Wildman–Crippen LogP) is 4.35. The number of imide groups is 1. The van der Waals surface area contributed by atoms with Crippen LogP contribution in [0, 0.1) is 0 Å². The first kappa shape index (κ1) is 23.7. The zero-order valence-corrected chi connectivity index (χ0v) is 19.4. The first-order valence-electron chi connectivity index (χ1n) is 10.6. The Bertz CT molecular complexity index is 1000. The quantitative estimate of drug-likeness (QED) is 0.297. The summed E-state index contributed by atoms with van der Waals surface area (Å²) in [4.78, 5) is 49.9. The SMILES string of the molecule is CCc1cc(Br)ccc1NC(=O)COC(=O)CCCCCN1C(=O)c2ccccc2C1=O. The van der Waals surface area contributed by atoms with Gasteiger partial charge >= 0.3 is 5.97 Å². The molecule has 168 valence electrons. The Morgan fingerprint density at radius 3 is 2.34 bits per heavy atom. The standard InChI is InChI=1S/C24H25BrN2O5/c1-2-16-14-17(25)11-12-20(16)26-21(28)15-32-22(29)10-4-3-7-13-27-23(30)18-8-5-6-9-19(18)24(27)31/h5-6,8-9,11-12,14H,2-4,7,10,13,15H2,1H3,(H,26,28). The zero-order chi connectivity index (χ0) is 23.1. The van der Waals surface area contributed by atoms with E-state index in [4.69, 9.17) is 4.74 Å². The smallest absolute Gasteiger partial charge is 0.306 e. The van der Waals surface area contributed by atoms with E-state index in [0.29, 0.717) is 42.6 Å². The van der Waals surface area contributed by atoms with E-state index in [2.05, 4.69) is 21.2 Å². The molecule has 0 aromatic heterocycles. The van der Waals surface area contributed by atoms with Gasteiger partial charge in [0.2, 0.25) is 0 Å². The highest BCUT2D eigenvalue weighted by atomic mass is 79.9. The van der Waals surface area contributed by atoms with E-state index >= 15 is 0 Å². The number of nitrogens with one attached hydrogen (secondary N) is 1. The first-order chi connectivity index (χ1) is 15.4. The molecule has 32 heavy (non-hydrogen) atoms. The molecule has 0 atom stereocenters. The number of carbonyl (C=O) groups excluding carboxylic acids is 4.